The standard InChI is InChI=1S/C51H90O12S/c1-3-5-7-9-11-13-15-17-18-19-20-21-22-23-24-25-26-27-29-31-33-35-37-39-41-59-43-45(44-60-51-49(55)50(63-64(56,57)58)48(54)46(42-52)62-51)61-47(53)40-38-36-34-32-30-28-16-14-12-10-8-6-4-2/h8,10,14-17,19-20,22-23,45-46,48-52,54-55H,3-7,9,11-13,18,21,24-44H2,1-2H3,(H,56,57,58)/b10-8-,16-14-,17-15-,20-19-,23-22-. The van der Waals surface area contributed by atoms with E-state index in [1.807, 2.05) is 0 Å². The predicted octanol–water partition coefficient (Wildman–Crippen LogP) is 11.3. The third-order valence-corrected chi connectivity index (χ3v) is 11.6. The molecule has 372 valence electrons. The van der Waals surface area contributed by atoms with E-state index in [-0.39, 0.29) is 19.6 Å². The van der Waals surface area contributed by atoms with Crippen LogP contribution in [0.25, 0.3) is 0 Å². The van der Waals surface area contributed by atoms with Crippen molar-refractivity contribution in [2.24, 2.45) is 0 Å². The molecule has 1 saturated heterocycles. The van der Waals surface area contributed by atoms with Crippen molar-refractivity contribution in [3.8, 4) is 0 Å². The van der Waals surface area contributed by atoms with Gasteiger partial charge >= 0.3 is 16.4 Å². The molecule has 0 spiro atoms. The lowest BCUT2D eigenvalue weighted by Crippen LogP contribution is -2.60. The maximum Gasteiger partial charge on any atom is 0.397 e. The van der Waals surface area contributed by atoms with Gasteiger partial charge in [0, 0.05) is 13.0 Å². The Balaban J connectivity index is 2.35. The van der Waals surface area contributed by atoms with E-state index in [0.29, 0.717) is 13.0 Å². The molecule has 1 aliphatic heterocycles. The molecule has 0 saturated carbocycles. The molecule has 64 heavy (non-hydrogen) atoms. The van der Waals surface area contributed by atoms with Gasteiger partial charge in [0.1, 0.15) is 30.5 Å². The highest BCUT2D eigenvalue weighted by molar-refractivity contribution is 7.80. The first kappa shape index (κ1) is 59.8. The zero-order chi connectivity index (χ0) is 46.8. The van der Waals surface area contributed by atoms with Crippen LogP contribution in [-0.2, 0) is 38.3 Å². The summed E-state index contributed by atoms with van der Waals surface area (Å²) in [7, 11) is -5.07. The van der Waals surface area contributed by atoms with E-state index in [4.69, 9.17) is 18.9 Å². The van der Waals surface area contributed by atoms with Crippen LogP contribution in [0.5, 0.6) is 0 Å². The highest BCUT2D eigenvalue weighted by atomic mass is 32.3. The normalized spacial score (nSPS) is 20.2. The molecule has 0 aromatic heterocycles. The largest absolute Gasteiger partial charge is 0.457 e. The van der Waals surface area contributed by atoms with Crippen molar-refractivity contribution in [3.63, 3.8) is 0 Å². The minimum Gasteiger partial charge on any atom is -0.457 e. The summed E-state index contributed by atoms with van der Waals surface area (Å²) in [5, 5.41) is 30.7. The summed E-state index contributed by atoms with van der Waals surface area (Å²) in [5.74, 6) is -0.417. The van der Waals surface area contributed by atoms with Gasteiger partial charge < -0.3 is 34.3 Å². The maximum atomic E-state index is 12.9. The van der Waals surface area contributed by atoms with Crippen LogP contribution in [-0.4, -0.2) is 97.5 Å². The SMILES string of the molecule is CCC/C=C\C/C=C\CCCCCCCC(=O)OC(COCCCCCCCCCCC/C=C\C/C=C\C/C=C\CCCCCCC)COC1OC(CO)C(O)C(OS(=O)(=O)O)C1O. The van der Waals surface area contributed by atoms with Gasteiger partial charge in [0.05, 0.1) is 19.8 Å². The van der Waals surface area contributed by atoms with Crippen molar-refractivity contribution in [1.29, 1.82) is 0 Å². The van der Waals surface area contributed by atoms with Crippen LogP contribution in [0.2, 0.25) is 0 Å². The summed E-state index contributed by atoms with van der Waals surface area (Å²) in [6.45, 7) is 3.88. The molecule has 1 rings (SSSR count). The number of esters is 1. The molecular formula is C51H90O12S. The van der Waals surface area contributed by atoms with Crippen molar-refractivity contribution in [2.75, 3.05) is 26.4 Å². The van der Waals surface area contributed by atoms with Crippen molar-refractivity contribution < 1.29 is 56.2 Å². The minimum absolute atomic E-state index is 0.0241. The fourth-order valence-electron chi connectivity index (χ4n) is 7.31. The summed E-state index contributed by atoms with van der Waals surface area (Å²) in [6, 6.07) is 0. The quantitative estimate of drug-likeness (QED) is 0.0197. The Hall–Kier alpha value is -2.20. The number of hydrogen-bond acceptors (Lipinski definition) is 11. The summed E-state index contributed by atoms with van der Waals surface area (Å²) < 4.78 is 59.1. The van der Waals surface area contributed by atoms with Crippen LogP contribution < -0.4 is 0 Å². The van der Waals surface area contributed by atoms with Crippen LogP contribution in [0.4, 0.5) is 0 Å². The number of carbonyl (C=O) groups excluding carboxylic acids is 1. The zero-order valence-corrected chi connectivity index (χ0v) is 40.6. The lowest BCUT2D eigenvalue weighted by atomic mass is 9.99. The molecule has 0 amide bonds. The lowest BCUT2D eigenvalue weighted by molar-refractivity contribution is -0.301. The first-order chi connectivity index (χ1) is 31.1. The third kappa shape index (κ3) is 35.1. The first-order valence-corrected chi connectivity index (χ1v) is 26.4. The number of ether oxygens (including phenoxy) is 4. The van der Waals surface area contributed by atoms with Gasteiger partial charge in [0.15, 0.2) is 6.29 Å². The molecule has 0 aromatic rings. The van der Waals surface area contributed by atoms with Crippen molar-refractivity contribution in [1.82, 2.24) is 0 Å². The van der Waals surface area contributed by atoms with Crippen LogP contribution >= 0.6 is 0 Å². The van der Waals surface area contributed by atoms with E-state index in [9.17, 15) is 33.1 Å². The molecule has 4 N–H and O–H groups in total. The van der Waals surface area contributed by atoms with Gasteiger partial charge in [-0.2, -0.15) is 8.42 Å². The van der Waals surface area contributed by atoms with E-state index in [0.717, 1.165) is 83.5 Å². The molecule has 0 aliphatic carbocycles. The van der Waals surface area contributed by atoms with Crippen LogP contribution in [0, 0.1) is 0 Å². The van der Waals surface area contributed by atoms with Crippen molar-refractivity contribution in [2.45, 2.75) is 230 Å². The van der Waals surface area contributed by atoms with E-state index < -0.39 is 59.8 Å². The van der Waals surface area contributed by atoms with Crippen molar-refractivity contribution >= 4 is 16.4 Å². The summed E-state index contributed by atoms with van der Waals surface area (Å²) >= 11 is 0. The zero-order valence-electron chi connectivity index (χ0n) is 39.8. The second-order valence-electron chi connectivity index (χ2n) is 17.0. The van der Waals surface area contributed by atoms with Gasteiger partial charge in [-0.05, 0) is 77.0 Å². The van der Waals surface area contributed by atoms with Gasteiger partial charge in [-0.1, -0.05) is 171 Å². The minimum atomic E-state index is -5.07. The fraction of sp³-hybridized carbons (Fsp3) is 0.784. The number of allylic oxidation sites excluding steroid dienone is 10. The second kappa shape index (κ2) is 42.2. The van der Waals surface area contributed by atoms with Crippen molar-refractivity contribution in [3.05, 3.63) is 60.8 Å². The van der Waals surface area contributed by atoms with Crippen LogP contribution in [0.15, 0.2) is 60.8 Å². The van der Waals surface area contributed by atoms with Gasteiger partial charge in [-0.15, -0.1) is 0 Å². The number of aliphatic hydroxyl groups excluding tert-OH is 3. The third-order valence-electron chi connectivity index (χ3n) is 11.1. The average Bonchev–Trinajstić information content (AvgIpc) is 3.27. The molecule has 12 nitrogen and oxygen atoms in total. The van der Waals surface area contributed by atoms with E-state index in [2.05, 4.69) is 78.8 Å². The fourth-order valence-corrected chi connectivity index (χ4v) is 7.81. The molecule has 1 fully saturated rings. The van der Waals surface area contributed by atoms with E-state index >= 15 is 0 Å². The molecule has 6 unspecified atom stereocenters. The van der Waals surface area contributed by atoms with Gasteiger partial charge in [-0.3, -0.25) is 9.35 Å². The molecule has 1 aliphatic rings. The topological polar surface area (TPSA) is 178 Å². The number of rotatable bonds is 43. The molecule has 0 bridgehead atoms. The monoisotopic (exact) mass is 927 g/mol. The Kier molecular flexibility index (Phi) is 39.4. The Morgan fingerprint density at radius 3 is 1.56 bits per heavy atom. The highest BCUT2D eigenvalue weighted by Crippen LogP contribution is 2.26. The Morgan fingerprint density at radius 1 is 0.594 bits per heavy atom. The van der Waals surface area contributed by atoms with Crippen LogP contribution in [0.3, 0.4) is 0 Å². The van der Waals surface area contributed by atoms with Gasteiger partial charge in [-0.25, -0.2) is 4.18 Å². The van der Waals surface area contributed by atoms with E-state index in [1.54, 1.807) is 0 Å². The number of hydrogen-bond donors (Lipinski definition) is 4. The van der Waals surface area contributed by atoms with E-state index in [1.165, 1.54) is 83.5 Å². The lowest BCUT2D eigenvalue weighted by Gasteiger charge is -2.41. The van der Waals surface area contributed by atoms with Gasteiger partial charge in [0.25, 0.3) is 0 Å². The second-order valence-corrected chi connectivity index (χ2v) is 18.1. The molecule has 0 radical (unpaired) electrons. The number of unbranched alkanes of at least 4 members (excludes halogenated alkanes) is 20. The maximum absolute atomic E-state index is 12.9. The highest BCUT2D eigenvalue weighted by Gasteiger charge is 2.48. The first-order valence-electron chi connectivity index (χ1n) is 25.0. The molecule has 6 atom stereocenters. The Labute approximate surface area is 388 Å². The van der Waals surface area contributed by atoms with Crippen LogP contribution in [0.1, 0.15) is 194 Å². The molecule has 1 heterocycles. The average molecular weight is 927 g/mol. The molecule has 0 aromatic carbocycles. The smallest absolute Gasteiger partial charge is 0.397 e. The van der Waals surface area contributed by atoms with Gasteiger partial charge in [0.2, 0.25) is 0 Å². The number of aliphatic hydroxyl groups is 3. The predicted molar refractivity (Wildman–Crippen MR) is 257 cm³/mol. The summed E-state index contributed by atoms with van der Waals surface area (Å²) in [6.07, 6.45) is 44.0. The Bertz CT molecular complexity index is 1350. The summed E-state index contributed by atoms with van der Waals surface area (Å²) in [4.78, 5) is 12.9. The Morgan fingerprint density at radius 2 is 1.06 bits per heavy atom. The summed E-state index contributed by atoms with van der Waals surface area (Å²) in [5.41, 5.74) is 0. The number of carbonyl (C=O) groups is 1. The molecule has 13 heteroatoms. The molecular weight excluding hydrogens is 837 g/mol.